The molecule has 3 rings (SSSR count). The fourth-order valence-corrected chi connectivity index (χ4v) is 5.22. The van der Waals surface area contributed by atoms with Crippen LogP contribution in [0.3, 0.4) is 0 Å². The fraction of sp³-hybridized carbons (Fsp3) is 0.333. The Labute approximate surface area is 195 Å². The molecule has 0 radical (unpaired) electrons. The second-order valence-electron chi connectivity index (χ2n) is 7.17. The number of benzene rings is 1. The van der Waals surface area contributed by atoms with E-state index in [1.807, 2.05) is 6.92 Å². The van der Waals surface area contributed by atoms with Crippen molar-refractivity contribution in [2.75, 3.05) is 24.3 Å². The van der Waals surface area contributed by atoms with E-state index < -0.39 is 31.5 Å². The van der Waals surface area contributed by atoms with Crippen LogP contribution in [0.2, 0.25) is 5.02 Å². The molecule has 1 heterocycles. The van der Waals surface area contributed by atoms with Crippen molar-refractivity contribution >= 4 is 38.7 Å². The predicted molar refractivity (Wildman–Crippen MR) is 124 cm³/mol. The highest BCUT2D eigenvalue weighted by atomic mass is 35.5. The van der Waals surface area contributed by atoms with E-state index >= 15 is 0 Å². The zero-order chi connectivity index (χ0) is 24.5. The van der Waals surface area contributed by atoms with E-state index in [1.54, 1.807) is 26.0 Å². The van der Waals surface area contributed by atoms with Gasteiger partial charge in [-0.25, -0.2) is 8.42 Å². The van der Waals surface area contributed by atoms with Crippen molar-refractivity contribution in [2.45, 2.75) is 38.1 Å². The lowest BCUT2D eigenvalue weighted by Gasteiger charge is -2.22. The molecule has 0 aliphatic carbocycles. The smallest absolute Gasteiger partial charge is 0.270 e. The van der Waals surface area contributed by atoms with E-state index in [0.717, 1.165) is 0 Å². The number of aromatic hydroxyl groups is 1. The summed E-state index contributed by atoms with van der Waals surface area (Å²) in [6.45, 7) is 5.17. The van der Waals surface area contributed by atoms with Gasteiger partial charge < -0.3 is 20.2 Å². The summed E-state index contributed by atoms with van der Waals surface area (Å²) in [7, 11) is -3.14. The van der Waals surface area contributed by atoms with E-state index in [2.05, 4.69) is 10.6 Å². The summed E-state index contributed by atoms with van der Waals surface area (Å²) in [5.74, 6) is 0.576. The molecule has 0 fully saturated rings. The summed E-state index contributed by atoms with van der Waals surface area (Å²) in [6.07, 6.45) is 0.559. The molecule has 1 atom stereocenters. The Kier molecular flexibility index (Phi) is 7.17. The van der Waals surface area contributed by atoms with Gasteiger partial charge in [-0.05, 0) is 44.5 Å². The van der Waals surface area contributed by atoms with E-state index in [1.165, 1.54) is 19.2 Å². The zero-order valence-corrected chi connectivity index (χ0v) is 20.0. The van der Waals surface area contributed by atoms with Gasteiger partial charge in [-0.3, -0.25) is 14.4 Å². The normalized spacial score (nSPS) is 12.9. The summed E-state index contributed by atoms with van der Waals surface area (Å²) < 4.78 is 32.0. The molecule has 178 valence electrons. The maximum Gasteiger partial charge on any atom is 0.270 e. The average Bonchev–Trinajstić information content (AvgIpc) is 3.20. The molecule has 0 unspecified atom stereocenters. The Bertz CT molecular complexity index is 1340. The Hall–Kier alpha value is -2.86. The zero-order valence-electron chi connectivity index (χ0n) is 18.4. The van der Waals surface area contributed by atoms with E-state index in [0.29, 0.717) is 22.4 Å². The van der Waals surface area contributed by atoms with Crippen LogP contribution in [0.1, 0.15) is 37.8 Å². The average molecular weight is 498 g/mol. The Balaban J connectivity index is 1.98. The third kappa shape index (κ3) is 4.49. The molecule has 12 heteroatoms. The second-order valence-corrected chi connectivity index (χ2v) is 9.34. The highest BCUT2D eigenvalue weighted by Gasteiger charge is 2.32. The fourth-order valence-electron chi connectivity index (χ4n) is 3.36. The van der Waals surface area contributed by atoms with Gasteiger partial charge in [-0.1, -0.05) is 23.0 Å². The molecule has 1 aromatic heterocycles. The molecule has 0 aliphatic rings. The number of halogens is 1. The van der Waals surface area contributed by atoms with Crippen LogP contribution >= 0.6 is 11.6 Å². The van der Waals surface area contributed by atoms with E-state index in [-0.39, 0.29) is 34.7 Å². The van der Waals surface area contributed by atoms with Crippen molar-refractivity contribution in [3.05, 3.63) is 61.3 Å². The van der Waals surface area contributed by atoms with Crippen molar-refractivity contribution in [3.63, 3.8) is 0 Å². The first kappa shape index (κ1) is 24.8. The predicted octanol–water partition coefficient (Wildman–Crippen LogP) is 3.42. The third-order valence-corrected chi connectivity index (χ3v) is 7.37. The quantitative estimate of drug-likeness (QED) is 0.218. The molecule has 0 saturated carbocycles. The molecule has 10 nitrogen and oxygen atoms in total. The molecular formula is C21H24ClN3O7S. The number of phenolic OH excluding ortho intramolecular Hbond substituents is 1. The Morgan fingerprint density at radius 2 is 1.82 bits per heavy atom. The number of anilines is 3. The minimum atomic E-state index is -4.31. The van der Waals surface area contributed by atoms with Crippen molar-refractivity contribution in [2.24, 2.45) is 0 Å². The molecule has 0 spiro atoms. The highest BCUT2D eigenvalue weighted by molar-refractivity contribution is 7.89. The second kappa shape index (κ2) is 9.56. The SMILES string of the molecule is CC[C@@H](Nc1c(Nc2ccc(Cl)c(S(=O)(=O)N(CC)OC)c2O)c(=O)c1=O)c1ccc(C)o1. The number of hydrogen-bond donors (Lipinski definition) is 3. The number of nitrogens with one attached hydrogen (secondary N) is 2. The van der Waals surface area contributed by atoms with Gasteiger partial charge in [0.1, 0.15) is 27.8 Å². The van der Waals surface area contributed by atoms with Crippen LogP contribution in [0.4, 0.5) is 17.1 Å². The third-order valence-electron chi connectivity index (χ3n) is 5.07. The van der Waals surface area contributed by atoms with Crippen LogP contribution in [0.5, 0.6) is 5.75 Å². The van der Waals surface area contributed by atoms with Crippen molar-refractivity contribution in [1.82, 2.24) is 4.47 Å². The lowest BCUT2D eigenvalue weighted by atomic mass is 10.1. The molecule has 0 aliphatic heterocycles. The van der Waals surface area contributed by atoms with Crippen molar-refractivity contribution < 1.29 is 22.8 Å². The van der Waals surface area contributed by atoms with E-state index in [4.69, 9.17) is 20.9 Å². The molecule has 33 heavy (non-hydrogen) atoms. The molecule has 0 saturated heterocycles. The van der Waals surface area contributed by atoms with Crippen LogP contribution in [-0.2, 0) is 14.9 Å². The number of furan rings is 1. The standard InChI is InChI=1S/C21H24ClN3O7S/c1-5-13(15-10-7-11(3)32-15)23-16-17(20(28)19(16)27)24-14-9-8-12(22)21(18(14)26)33(29,30)25(6-2)31-4/h7-10,13,23-24,26H,5-6H2,1-4H3/t13-/m1/s1. The van der Waals surface area contributed by atoms with Gasteiger partial charge in [0.2, 0.25) is 0 Å². The number of sulfonamides is 1. The topological polar surface area (TPSA) is 138 Å². The number of aryl methyl sites for hydroxylation is 1. The van der Waals surface area contributed by atoms with Crippen LogP contribution < -0.4 is 21.5 Å². The van der Waals surface area contributed by atoms with Crippen LogP contribution in [-0.4, -0.2) is 31.6 Å². The molecule has 3 aromatic rings. The van der Waals surface area contributed by atoms with Gasteiger partial charge in [0.05, 0.1) is 23.9 Å². The van der Waals surface area contributed by atoms with Gasteiger partial charge in [-0.2, -0.15) is 0 Å². The first-order chi connectivity index (χ1) is 15.6. The molecule has 2 aromatic carbocycles. The molecule has 3 N–H and O–H groups in total. The van der Waals surface area contributed by atoms with Gasteiger partial charge in [0.25, 0.3) is 20.9 Å². The monoisotopic (exact) mass is 497 g/mol. The van der Waals surface area contributed by atoms with Crippen molar-refractivity contribution in [3.8, 4) is 5.75 Å². The maximum absolute atomic E-state index is 12.9. The Morgan fingerprint density at radius 1 is 1.15 bits per heavy atom. The molecule has 0 bridgehead atoms. The molecule has 0 amide bonds. The van der Waals surface area contributed by atoms with E-state index in [9.17, 15) is 23.1 Å². The number of hydrogen-bond acceptors (Lipinski definition) is 9. The molecular weight excluding hydrogens is 474 g/mol. The summed E-state index contributed by atoms with van der Waals surface area (Å²) in [5, 5.41) is 16.1. The number of hydroxylamine groups is 1. The number of rotatable bonds is 10. The summed E-state index contributed by atoms with van der Waals surface area (Å²) in [6, 6.07) is 5.73. The van der Waals surface area contributed by atoms with Gasteiger partial charge in [0, 0.05) is 6.54 Å². The highest BCUT2D eigenvalue weighted by Crippen LogP contribution is 2.40. The largest absolute Gasteiger partial charge is 0.504 e. The maximum atomic E-state index is 12.9. The minimum Gasteiger partial charge on any atom is -0.504 e. The van der Waals surface area contributed by atoms with Crippen LogP contribution in [0.15, 0.2) is 43.2 Å². The minimum absolute atomic E-state index is 0.00624. The lowest BCUT2D eigenvalue weighted by Crippen LogP contribution is -2.37. The number of nitrogens with zero attached hydrogens (tertiary/aromatic N) is 1. The number of phenols is 1. The summed E-state index contributed by atoms with van der Waals surface area (Å²) >= 11 is 6.06. The summed E-state index contributed by atoms with van der Waals surface area (Å²) in [5.41, 5.74) is -1.78. The first-order valence-corrected chi connectivity index (χ1v) is 11.9. The van der Waals surface area contributed by atoms with Crippen LogP contribution in [0.25, 0.3) is 0 Å². The first-order valence-electron chi connectivity index (χ1n) is 10.1. The van der Waals surface area contributed by atoms with Gasteiger partial charge in [0.15, 0.2) is 5.75 Å². The van der Waals surface area contributed by atoms with Gasteiger partial charge >= 0.3 is 0 Å². The van der Waals surface area contributed by atoms with Crippen molar-refractivity contribution in [1.29, 1.82) is 0 Å². The summed E-state index contributed by atoms with van der Waals surface area (Å²) in [4.78, 5) is 28.8. The van der Waals surface area contributed by atoms with Crippen LogP contribution in [0, 0.1) is 6.92 Å². The lowest BCUT2D eigenvalue weighted by molar-refractivity contribution is -0.0443. The van der Waals surface area contributed by atoms with Gasteiger partial charge in [-0.15, -0.1) is 0 Å². The Morgan fingerprint density at radius 3 is 2.36 bits per heavy atom.